The Morgan fingerprint density at radius 1 is 1.22 bits per heavy atom. The molecule has 2 heterocycles. The second-order valence-corrected chi connectivity index (χ2v) is 8.31. The van der Waals surface area contributed by atoms with E-state index >= 15 is 0 Å². The summed E-state index contributed by atoms with van der Waals surface area (Å²) in [5, 5.41) is 1.66. The minimum Gasteiger partial charge on any atom is -0.266 e. The van der Waals surface area contributed by atoms with Crippen LogP contribution >= 0.6 is 11.3 Å². The number of nitrogens with zero attached hydrogens (tertiary/aromatic N) is 2. The Morgan fingerprint density at radius 3 is 2.70 bits per heavy atom. The zero-order valence-corrected chi connectivity index (χ0v) is 14.1. The fraction of sp³-hybridized carbons (Fsp3) is 0.400. The van der Waals surface area contributed by atoms with Gasteiger partial charge in [0.1, 0.15) is 10.7 Å². The molecule has 2 aromatic rings. The normalized spacial score (nSPS) is 16.2. The second kappa shape index (κ2) is 6.76. The Balaban J connectivity index is 1.72. The maximum Gasteiger partial charge on any atom is 0.284 e. The molecule has 1 amide bonds. The predicted molar refractivity (Wildman–Crippen MR) is 88.6 cm³/mol. The molecule has 122 valence electrons. The van der Waals surface area contributed by atoms with Crippen molar-refractivity contribution in [2.24, 2.45) is 0 Å². The van der Waals surface area contributed by atoms with Crippen LogP contribution in [0.3, 0.4) is 0 Å². The summed E-state index contributed by atoms with van der Waals surface area (Å²) >= 11 is 1.26. The Hall–Kier alpha value is -1.80. The van der Waals surface area contributed by atoms with Crippen molar-refractivity contribution in [2.45, 2.75) is 37.4 Å². The summed E-state index contributed by atoms with van der Waals surface area (Å²) in [5.74, 6) is -0.672. The highest BCUT2D eigenvalue weighted by atomic mass is 32.2. The van der Waals surface area contributed by atoms with E-state index in [0.717, 1.165) is 19.3 Å². The maximum atomic E-state index is 12.3. The molecule has 1 fully saturated rings. The summed E-state index contributed by atoms with van der Waals surface area (Å²) in [4.78, 5) is 20.5. The molecule has 1 aliphatic carbocycles. The van der Waals surface area contributed by atoms with E-state index in [1.807, 2.05) is 6.07 Å². The third-order valence-electron chi connectivity index (χ3n) is 3.85. The minimum atomic E-state index is -3.64. The number of carbonyl (C=O) groups excluding carboxylic acids is 1. The highest BCUT2D eigenvalue weighted by Crippen LogP contribution is 2.24. The maximum absolute atomic E-state index is 12.3. The lowest BCUT2D eigenvalue weighted by molar-refractivity contribution is 0.0976. The Kier molecular flexibility index (Phi) is 4.72. The summed E-state index contributed by atoms with van der Waals surface area (Å²) in [6.07, 6.45) is 5.70. The van der Waals surface area contributed by atoms with Gasteiger partial charge in [-0.1, -0.05) is 25.3 Å². The summed E-state index contributed by atoms with van der Waals surface area (Å²) in [6, 6.07) is 5.41. The first-order valence-electron chi connectivity index (χ1n) is 7.49. The second-order valence-electron chi connectivity index (χ2n) is 5.49. The molecule has 0 aromatic carbocycles. The molecular weight excluding hydrogens is 334 g/mol. The van der Waals surface area contributed by atoms with E-state index in [2.05, 4.69) is 14.7 Å². The van der Waals surface area contributed by atoms with Gasteiger partial charge in [0.25, 0.3) is 5.91 Å². The molecule has 1 aliphatic rings. The van der Waals surface area contributed by atoms with Crippen LogP contribution in [0.25, 0.3) is 10.7 Å². The van der Waals surface area contributed by atoms with E-state index in [1.165, 1.54) is 11.3 Å². The van der Waals surface area contributed by atoms with Gasteiger partial charge >= 0.3 is 0 Å². The molecule has 23 heavy (non-hydrogen) atoms. The first kappa shape index (κ1) is 16.1. The lowest BCUT2D eigenvalue weighted by atomic mass is 10.0. The molecule has 0 radical (unpaired) electrons. The SMILES string of the molecule is O=C(NS(=O)(=O)C1CCCCC1)c1csc(-c2ccccn2)n1. The third kappa shape index (κ3) is 3.76. The molecule has 2 aromatic heterocycles. The van der Waals surface area contributed by atoms with Gasteiger partial charge in [-0.25, -0.2) is 18.1 Å². The predicted octanol–water partition coefficient (Wildman–Crippen LogP) is 2.60. The van der Waals surface area contributed by atoms with Crippen molar-refractivity contribution in [1.82, 2.24) is 14.7 Å². The van der Waals surface area contributed by atoms with Gasteiger partial charge in [0, 0.05) is 11.6 Å². The fourth-order valence-corrected chi connectivity index (χ4v) is 4.88. The molecule has 0 aliphatic heterocycles. The standard InChI is InChI=1S/C15H17N3O3S2/c19-14(18-23(20,21)11-6-2-1-3-7-11)13-10-22-15(17-13)12-8-4-5-9-16-12/h4-5,8-11H,1-3,6-7H2,(H,18,19). The fourth-order valence-electron chi connectivity index (χ4n) is 2.63. The van der Waals surface area contributed by atoms with Crippen LogP contribution in [0.15, 0.2) is 29.8 Å². The van der Waals surface area contributed by atoms with E-state index in [-0.39, 0.29) is 5.69 Å². The topological polar surface area (TPSA) is 89.0 Å². The molecule has 0 spiro atoms. The molecule has 1 saturated carbocycles. The third-order valence-corrected chi connectivity index (χ3v) is 6.53. The van der Waals surface area contributed by atoms with Crippen molar-refractivity contribution in [3.05, 3.63) is 35.5 Å². The highest BCUT2D eigenvalue weighted by molar-refractivity contribution is 7.90. The number of aromatic nitrogens is 2. The van der Waals surface area contributed by atoms with E-state index in [4.69, 9.17) is 0 Å². The van der Waals surface area contributed by atoms with Crippen LogP contribution in [0.5, 0.6) is 0 Å². The van der Waals surface area contributed by atoms with Crippen molar-refractivity contribution >= 4 is 27.3 Å². The van der Waals surface area contributed by atoms with Crippen molar-refractivity contribution in [1.29, 1.82) is 0 Å². The first-order valence-corrected chi connectivity index (χ1v) is 9.92. The molecule has 6 nitrogen and oxygen atoms in total. The number of thiazole rings is 1. The number of amides is 1. The number of hydrogen-bond acceptors (Lipinski definition) is 6. The van der Waals surface area contributed by atoms with Gasteiger partial charge in [-0.2, -0.15) is 0 Å². The van der Waals surface area contributed by atoms with Crippen LogP contribution in [-0.2, 0) is 10.0 Å². The number of pyridine rings is 1. The smallest absolute Gasteiger partial charge is 0.266 e. The zero-order chi connectivity index (χ0) is 16.3. The lowest BCUT2D eigenvalue weighted by Gasteiger charge is -2.21. The van der Waals surface area contributed by atoms with Gasteiger partial charge in [0.2, 0.25) is 10.0 Å². The van der Waals surface area contributed by atoms with E-state index in [1.54, 1.807) is 23.7 Å². The van der Waals surface area contributed by atoms with Crippen molar-refractivity contribution in [2.75, 3.05) is 0 Å². The zero-order valence-electron chi connectivity index (χ0n) is 12.4. The molecule has 0 saturated heterocycles. The number of hydrogen-bond donors (Lipinski definition) is 1. The molecule has 1 N–H and O–H groups in total. The monoisotopic (exact) mass is 351 g/mol. The average Bonchev–Trinajstić information content (AvgIpc) is 3.06. The Morgan fingerprint density at radius 2 is 2.00 bits per heavy atom. The van der Waals surface area contributed by atoms with Crippen LogP contribution in [0.1, 0.15) is 42.6 Å². The van der Waals surface area contributed by atoms with E-state index < -0.39 is 21.2 Å². The molecular formula is C15H17N3O3S2. The molecule has 8 heteroatoms. The molecule has 3 rings (SSSR count). The van der Waals surface area contributed by atoms with Crippen LogP contribution in [0, 0.1) is 0 Å². The first-order chi connectivity index (χ1) is 11.1. The summed E-state index contributed by atoms with van der Waals surface area (Å²) in [6.45, 7) is 0. The van der Waals surface area contributed by atoms with Crippen molar-refractivity contribution < 1.29 is 13.2 Å². The molecule has 0 unspecified atom stereocenters. The largest absolute Gasteiger partial charge is 0.284 e. The highest BCUT2D eigenvalue weighted by Gasteiger charge is 2.29. The Labute approximate surface area is 139 Å². The summed E-state index contributed by atoms with van der Waals surface area (Å²) < 4.78 is 26.7. The lowest BCUT2D eigenvalue weighted by Crippen LogP contribution is -2.39. The minimum absolute atomic E-state index is 0.107. The summed E-state index contributed by atoms with van der Waals surface area (Å²) in [5.41, 5.74) is 0.765. The number of nitrogens with one attached hydrogen (secondary N) is 1. The van der Waals surface area contributed by atoms with E-state index in [0.29, 0.717) is 23.5 Å². The van der Waals surface area contributed by atoms with Gasteiger partial charge in [-0.05, 0) is 25.0 Å². The van der Waals surface area contributed by atoms with Gasteiger partial charge < -0.3 is 0 Å². The molecule has 0 bridgehead atoms. The number of sulfonamides is 1. The quantitative estimate of drug-likeness (QED) is 0.914. The number of rotatable bonds is 4. The van der Waals surface area contributed by atoms with Crippen molar-refractivity contribution in [3.8, 4) is 10.7 Å². The van der Waals surface area contributed by atoms with Gasteiger partial charge in [0.15, 0.2) is 0 Å². The van der Waals surface area contributed by atoms with Gasteiger partial charge in [-0.3, -0.25) is 9.78 Å². The van der Waals surface area contributed by atoms with Crippen LogP contribution in [0.4, 0.5) is 0 Å². The van der Waals surface area contributed by atoms with Gasteiger partial charge in [0.05, 0.1) is 10.9 Å². The van der Waals surface area contributed by atoms with E-state index in [9.17, 15) is 13.2 Å². The summed E-state index contributed by atoms with van der Waals surface area (Å²) in [7, 11) is -3.64. The average molecular weight is 351 g/mol. The van der Waals surface area contributed by atoms with Crippen LogP contribution in [-0.4, -0.2) is 29.5 Å². The van der Waals surface area contributed by atoms with Crippen LogP contribution in [0.2, 0.25) is 0 Å². The van der Waals surface area contributed by atoms with Crippen LogP contribution < -0.4 is 4.72 Å². The van der Waals surface area contributed by atoms with Crippen molar-refractivity contribution in [3.63, 3.8) is 0 Å². The molecule has 0 atom stereocenters. The van der Waals surface area contributed by atoms with Gasteiger partial charge in [-0.15, -0.1) is 11.3 Å². The Bertz CT molecular complexity index is 781. The number of carbonyl (C=O) groups is 1.